The molecule has 5 nitrogen and oxygen atoms in total. The van der Waals surface area contributed by atoms with Gasteiger partial charge in [-0.3, -0.25) is 4.79 Å². The van der Waals surface area contributed by atoms with Gasteiger partial charge in [0, 0.05) is 11.4 Å². The Hall–Kier alpha value is -0.553. The van der Waals surface area contributed by atoms with Gasteiger partial charge in [-0.1, -0.05) is 59.7 Å². The maximum absolute atomic E-state index is 16.6. The second kappa shape index (κ2) is 11.0. The second-order valence-electron chi connectivity index (χ2n) is 10.7. The average molecular weight is 570 g/mol. The fourth-order valence-corrected chi connectivity index (χ4v) is 10.4. The standard InChI is InChI=1S/C23H39BrF2N2O3SSi/c1-10-33(11-2,12-3)18-16(21(4,5)6)20(24)27-19(17(18)26)23(14-25,13-15(29)30)28-32(31)22(7,8)9/h28H,10-14H2,1-9H3,(H,29,30)/t23?,32-/m1/s1. The molecule has 1 unspecified atom stereocenters. The van der Waals surface area contributed by atoms with E-state index in [1.807, 2.05) is 41.5 Å². The summed E-state index contributed by atoms with van der Waals surface area (Å²) in [6.07, 6.45) is -0.797. The monoisotopic (exact) mass is 568 g/mol. The number of alkyl halides is 1. The van der Waals surface area contributed by atoms with Crippen molar-refractivity contribution in [2.24, 2.45) is 0 Å². The lowest BCUT2D eigenvalue weighted by Crippen LogP contribution is -2.57. The lowest BCUT2D eigenvalue weighted by atomic mass is 9.86. The van der Waals surface area contributed by atoms with Crippen molar-refractivity contribution in [3.63, 3.8) is 0 Å². The van der Waals surface area contributed by atoms with Crippen LogP contribution in [0, 0.1) is 5.82 Å². The van der Waals surface area contributed by atoms with Crippen LogP contribution >= 0.6 is 15.9 Å². The summed E-state index contributed by atoms with van der Waals surface area (Å²) in [4.78, 5) is 16.2. The molecule has 190 valence electrons. The van der Waals surface area contributed by atoms with Crippen LogP contribution in [0.3, 0.4) is 0 Å². The number of carboxylic acid groups (broad SMARTS) is 1. The van der Waals surface area contributed by atoms with Gasteiger partial charge in [-0.05, 0) is 52.9 Å². The zero-order valence-corrected chi connectivity index (χ0v) is 24.7. The van der Waals surface area contributed by atoms with Gasteiger partial charge in [0.2, 0.25) is 0 Å². The van der Waals surface area contributed by atoms with E-state index in [9.17, 15) is 18.8 Å². The highest BCUT2D eigenvalue weighted by atomic mass is 79.9. The predicted molar refractivity (Wildman–Crippen MR) is 138 cm³/mol. The van der Waals surface area contributed by atoms with E-state index in [2.05, 4.69) is 25.6 Å². The lowest BCUT2D eigenvalue weighted by molar-refractivity contribution is -0.139. The van der Waals surface area contributed by atoms with Crippen molar-refractivity contribution in [2.75, 3.05) is 6.67 Å². The minimum atomic E-state index is -2.38. The van der Waals surface area contributed by atoms with Gasteiger partial charge in [0.25, 0.3) is 0 Å². The van der Waals surface area contributed by atoms with Crippen LogP contribution in [0.4, 0.5) is 8.78 Å². The van der Waals surface area contributed by atoms with Crippen LogP contribution in [0.5, 0.6) is 0 Å². The Balaban J connectivity index is 4.16. The molecule has 0 aliphatic rings. The molecule has 10 heteroatoms. The summed E-state index contributed by atoms with van der Waals surface area (Å²) in [5, 5.41) is 10.2. The number of pyridine rings is 1. The molecular formula is C23H39BrF2N2O3SSi. The molecule has 2 atom stereocenters. The van der Waals surface area contributed by atoms with Crippen molar-refractivity contribution in [2.45, 2.75) is 103 Å². The van der Waals surface area contributed by atoms with Gasteiger partial charge >= 0.3 is 5.97 Å². The fourth-order valence-electron chi connectivity index (χ4n) is 4.21. The molecule has 1 aromatic heterocycles. The van der Waals surface area contributed by atoms with Gasteiger partial charge in [0.1, 0.15) is 33.1 Å². The van der Waals surface area contributed by atoms with Crippen molar-refractivity contribution in [1.82, 2.24) is 9.71 Å². The number of nitrogens with one attached hydrogen (secondary N) is 1. The molecule has 0 radical (unpaired) electrons. The molecule has 1 aromatic rings. The van der Waals surface area contributed by atoms with E-state index in [1.54, 1.807) is 20.8 Å². The molecule has 0 amide bonds. The van der Waals surface area contributed by atoms with E-state index in [4.69, 9.17) is 0 Å². The molecule has 0 spiro atoms. The minimum absolute atomic E-state index is 0.327. The Morgan fingerprint density at radius 3 is 1.97 bits per heavy atom. The number of aliphatic carboxylic acids is 1. The molecule has 33 heavy (non-hydrogen) atoms. The van der Waals surface area contributed by atoms with E-state index < -0.39 is 60.0 Å². The zero-order valence-electron chi connectivity index (χ0n) is 21.3. The van der Waals surface area contributed by atoms with E-state index in [1.165, 1.54) is 0 Å². The summed E-state index contributed by atoms with van der Waals surface area (Å²) in [6, 6.07) is 2.33. The number of carboxylic acids is 1. The molecule has 2 N–H and O–H groups in total. The van der Waals surface area contributed by atoms with Crippen molar-refractivity contribution < 1.29 is 23.2 Å². The van der Waals surface area contributed by atoms with Gasteiger partial charge < -0.3 is 9.66 Å². The van der Waals surface area contributed by atoms with Crippen molar-refractivity contribution >= 4 is 46.5 Å². The molecule has 0 aliphatic heterocycles. The Bertz CT molecular complexity index is 849. The Morgan fingerprint density at radius 1 is 1.15 bits per heavy atom. The summed E-state index contributed by atoms with van der Waals surface area (Å²) in [7, 11) is -2.38. The Labute approximate surface area is 210 Å². The molecule has 0 saturated heterocycles. The molecule has 0 aromatic carbocycles. The molecule has 1 heterocycles. The summed E-state index contributed by atoms with van der Waals surface area (Å²) in [5.41, 5.74) is -2.12. The smallest absolute Gasteiger partial charge is 0.305 e. The maximum Gasteiger partial charge on any atom is 0.305 e. The van der Waals surface area contributed by atoms with Crippen molar-refractivity contribution in [3.8, 4) is 0 Å². The number of hydrogen-bond acceptors (Lipinski definition) is 4. The van der Waals surface area contributed by atoms with Gasteiger partial charge in [-0.2, -0.15) is 0 Å². The number of halogens is 3. The third-order valence-corrected chi connectivity index (χ3v) is 14.2. The lowest BCUT2D eigenvalue weighted by Gasteiger charge is -2.39. The van der Waals surface area contributed by atoms with Crippen LogP contribution in [-0.4, -0.2) is 40.1 Å². The first-order chi connectivity index (χ1) is 15.0. The van der Waals surface area contributed by atoms with Gasteiger partial charge in [-0.25, -0.2) is 13.8 Å². The fraction of sp³-hybridized carbons (Fsp3) is 0.739. The van der Waals surface area contributed by atoms with Gasteiger partial charge in [0.15, 0.2) is 0 Å². The van der Waals surface area contributed by atoms with E-state index in [-0.39, 0.29) is 5.69 Å². The third kappa shape index (κ3) is 6.37. The van der Waals surface area contributed by atoms with E-state index in [0.29, 0.717) is 9.79 Å². The minimum Gasteiger partial charge on any atom is -0.598 e. The van der Waals surface area contributed by atoms with Gasteiger partial charge in [-0.15, -0.1) is 4.72 Å². The third-order valence-electron chi connectivity index (χ3n) is 6.38. The summed E-state index contributed by atoms with van der Waals surface area (Å²) >= 11 is 1.65. The number of hydrogen-bond donors (Lipinski definition) is 2. The maximum atomic E-state index is 16.6. The van der Waals surface area contributed by atoms with Crippen LogP contribution in [-0.2, 0) is 27.1 Å². The molecule has 1 rings (SSSR count). The highest BCUT2D eigenvalue weighted by Gasteiger charge is 2.49. The largest absolute Gasteiger partial charge is 0.598 e. The first-order valence-corrected chi connectivity index (χ1v) is 15.9. The average Bonchev–Trinajstić information content (AvgIpc) is 2.69. The molecule has 0 aliphatic carbocycles. The van der Waals surface area contributed by atoms with Crippen LogP contribution in [0.1, 0.15) is 80.0 Å². The van der Waals surface area contributed by atoms with E-state index >= 15 is 4.39 Å². The van der Waals surface area contributed by atoms with Crippen LogP contribution in [0.15, 0.2) is 4.60 Å². The SMILES string of the molecule is CC[Si](CC)(CC)c1c(F)c(C(CF)(CC(=O)O)N[S@+]([O-])C(C)(C)C)nc(Br)c1C(C)(C)C. The zero-order chi connectivity index (χ0) is 26.0. The summed E-state index contributed by atoms with van der Waals surface area (Å²) in [6.45, 7) is 15.8. The van der Waals surface area contributed by atoms with Crippen LogP contribution in [0.25, 0.3) is 0 Å². The Kier molecular flexibility index (Phi) is 10.2. The summed E-state index contributed by atoms with van der Waals surface area (Å²) in [5.74, 6) is -2.01. The predicted octanol–water partition coefficient (Wildman–Crippen LogP) is 5.69. The van der Waals surface area contributed by atoms with Crippen LogP contribution < -0.4 is 9.91 Å². The van der Waals surface area contributed by atoms with Crippen molar-refractivity contribution in [3.05, 3.63) is 21.7 Å². The first-order valence-electron chi connectivity index (χ1n) is 11.3. The molecule has 0 bridgehead atoms. The molecule has 0 saturated carbocycles. The number of aromatic nitrogens is 1. The summed E-state index contributed by atoms with van der Waals surface area (Å²) < 4.78 is 46.5. The highest BCUT2D eigenvalue weighted by Crippen LogP contribution is 2.38. The molecular weight excluding hydrogens is 530 g/mol. The first kappa shape index (κ1) is 30.5. The molecule has 0 fully saturated rings. The van der Waals surface area contributed by atoms with Gasteiger partial charge in [0.05, 0.1) is 14.5 Å². The highest BCUT2D eigenvalue weighted by molar-refractivity contribution is 9.10. The van der Waals surface area contributed by atoms with Crippen LogP contribution in [0.2, 0.25) is 18.1 Å². The quantitative estimate of drug-likeness (QED) is 0.215. The number of carbonyl (C=O) groups is 1. The topological polar surface area (TPSA) is 85.3 Å². The number of nitrogens with zero attached hydrogens (tertiary/aromatic N) is 1. The van der Waals surface area contributed by atoms with Crippen molar-refractivity contribution in [1.29, 1.82) is 0 Å². The second-order valence-corrected chi connectivity index (χ2v) is 18.6. The van der Waals surface area contributed by atoms with E-state index in [0.717, 1.165) is 23.7 Å². The number of rotatable bonds is 10. The Morgan fingerprint density at radius 2 is 1.64 bits per heavy atom. The normalized spacial score (nSPS) is 15.9.